The summed E-state index contributed by atoms with van der Waals surface area (Å²) in [6.45, 7) is 3.81. The van der Waals surface area contributed by atoms with Gasteiger partial charge >= 0.3 is 0 Å². The number of nitro groups is 1. The molecule has 2 rings (SSSR count). The van der Waals surface area contributed by atoms with E-state index in [1.165, 1.54) is 25.3 Å². The van der Waals surface area contributed by atoms with Gasteiger partial charge in [0.25, 0.3) is 11.6 Å². The predicted octanol–water partition coefficient (Wildman–Crippen LogP) is 3.71. The Morgan fingerprint density at radius 2 is 1.92 bits per heavy atom. The van der Waals surface area contributed by atoms with Gasteiger partial charge in [0, 0.05) is 6.07 Å². The van der Waals surface area contributed by atoms with Crippen molar-refractivity contribution in [3.63, 3.8) is 0 Å². The molecule has 1 N–H and O–H groups in total. The van der Waals surface area contributed by atoms with E-state index in [2.05, 4.69) is 5.32 Å². The maximum absolute atomic E-state index is 12.5. The third-order valence-electron chi connectivity index (χ3n) is 3.62. The number of nitrogens with zero attached hydrogens (tertiary/aromatic N) is 1. The fourth-order valence-electron chi connectivity index (χ4n) is 2.21. The van der Waals surface area contributed by atoms with Gasteiger partial charge in [-0.3, -0.25) is 14.9 Å². The van der Waals surface area contributed by atoms with Crippen LogP contribution in [0.2, 0.25) is 0 Å². The standard InChI is InChI=1S/C18H20N2O5/c1-4-16(25-14-8-5-12(2)6-9-14)18(21)19-15-10-7-13(20(22)23)11-17(15)24-3/h5-11,16H,4H2,1-3H3,(H,19,21). The van der Waals surface area contributed by atoms with Crippen molar-refractivity contribution >= 4 is 17.3 Å². The van der Waals surface area contributed by atoms with Crippen molar-refractivity contribution in [1.82, 2.24) is 0 Å². The minimum Gasteiger partial charge on any atom is -0.494 e. The number of carbonyl (C=O) groups excluding carboxylic acids is 1. The van der Waals surface area contributed by atoms with Gasteiger partial charge in [0.2, 0.25) is 0 Å². The van der Waals surface area contributed by atoms with E-state index < -0.39 is 11.0 Å². The summed E-state index contributed by atoms with van der Waals surface area (Å²) in [4.78, 5) is 22.8. The van der Waals surface area contributed by atoms with Crippen molar-refractivity contribution in [3.05, 3.63) is 58.1 Å². The zero-order chi connectivity index (χ0) is 18.4. The summed E-state index contributed by atoms with van der Waals surface area (Å²) in [5.74, 6) is 0.464. The lowest BCUT2D eigenvalue weighted by atomic mass is 10.2. The Bertz CT molecular complexity index is 759. The van der Waals surface area contributed by atoms with Gasteiger partial charge in [-0.25, -0.2) is 0 Å². The molecule has 7 heteroatoms. The molecule has 0 saturated carbocycles. The summed E-state index contributed by atoms with van der Waals surface area (Å²) in [7, 11) is 1.38. The number of nitrogens with one attached hydrogen (secondary N) is 1. The molecule has 0 bridgehead atoms. The normalized spacial score (nSPS) is 11.5. The van der Waals surface area contributed by atoms with E-state index in [9.17, 15) is 14.9 Å². The smallest absolute Gasteiger partial charge is 0.273 e. The first-order valence-corrected chi connectivity index (χ1v) is 7.81. The van der Waals surface area contributed by atoms with E-state index >= 15 is 0 Å². The molecule has 0 aliphatic carbocycles. The van der Waals surface area contributed by atoms with E-state index in [0.717, 1.165) is 5.56 Å². The molecule has 0 heterocycles. The largest absolute Gasteiger partial charge is 0.494 e. The van der Waals surface area contributed by atoms with Crippen LogP contribution in [0.3, 0.4) is 0 Å². The first-order chi connectivity index (χ1) is 11.9. The number of amides is 1. The summed E-state index contributed by atoms with van der Waals surface area (Å²) >= 11 is 0. The molecule has 2 aromatic carbocycles. The lowest BCUT2D eigenvalue weighted by Crippen LogP contribution is -2.32. The Morgan fingerprint density at radius 1 is 1.24 bits per heavy atom. The number of anilines is 1. The number of nitro benzene ring substituents is 1. The Hall–Kier alpha value is -3.09. The molecule has 1 atom stereocenters. The van der Waals surface area contributed by atoms with Crippen LogP contribution in [0.1, 0.15) is 18.9 Å². The van der Waals surface area contributed by atoms with Crippen molar-refractivity contribution in [2.24, 2.45) is 0 Å². The highest BCUT2D eigenvalue weighted by atomic mass is 16.6. The number of hydrogen-bond donors (Lipinski definition) is 1. The second kappa shape index (κ2) is 8.14. The van der Waals surface area contributed by atoms with Crippen molar-refractivity contribution in [2.45, 2.75) is 26.4 Å². The monoisotopic (exact) mass is 344 g/mol. The number of methoxy groups -OCH3 is 1. The highest BCUT2D eigenvalue weighted by molar-refractivity contribution is 5.95. The summed E-state index contributed by atoms with van der Waals surface area (Å²) in [6.07, 6.45) is -0.225. The lowest BCUT2D eigenvalue weighted by Gasteiger charge is -2.18. The SMILES string of the molecule is CCC(Oc1ccc(C)cc1)C(=O)Nc1ccc([N+](=O)[O-])cc1OC. The summed E-state index contributed by atoms with van der Waals surface area (Å²) < 4.78 is 10.8. The second-order valence-electron chi connectivity index (χ2n) is 5.46. The van der Waals surface area contributed by atoms with Gasteiger partial charge in [0.15, 0.2) is 6.10 Å². The zero-order valence-electron chi connectivity index (χ0n) is 14.3. The third kappa shape index (κ3) is 4.69. The van der Waals surface area contributed by atoms with Crippen molar-refractivity contribution in [3.8, 4) is 11.5 Å². The molecule has 0 fully saturated rings. The molecule has 0 radical (unpaired) electrons. The number of rotatable bonds is 7. The van der Waals surface area contributed by atoms with Crippen LogP contribution in [0.15, 0.2) is 42.5 Å². The van der Waals surface area contributed by atoms with Gasteiger partial charge in [0.1, 0.15) is 11.5 Å². The Labute approximate surface area is 145 Å². The van der Waals surface area contributed by atoms with Crippen molar-refractivity contribution < 1.29 is 19.2 Å². The molecule has 0 aliphatic rings. The first-order valence-electron chi connectivity index (χ1n) is 7.81. The summed E-state index contributed by atoms with van der Waals surface area (Å²) in [6, 6.07) is 11.4. The van der Waals surface area contributed by atoms with Crippen LogP contribution in [0.4, 0.5) is 11.4 Å². The van der Waals surface area contributed by atoms with E-state index in [4.69, 9.17) is 9.47 Å². The fraction of sp³-hybridized carbons (Fsp3) is 0.278. The lowest BCUT2D eigenvalue weighted by molar-refractivity contribution is -0.384. The molecule has 25 heavy (non-hydrogen) atoms. The van der Waals surface area contributed by atoms with Gasteiger partial charge in [-0.1, -0.05) is 24.6 Å². The molecule has 7 nitrogen and oxygen atoms in total. The fourth-order valence-corrected chi connectivity index (χ4v) is 2.21. The number of aryl methyl sites for hydroxylation is 1. The third-order valence-corrected chi connectivity index (χ3v) is 3.62. The predicted molar refractivity (Wildman–Crippen MR) is 94.2 cm³/mol. The summed E-state index contributed by atoms with van der Waals surface area (Å²) in [5.41, 5.74) is 1.34. The summed E-state index contributed by atoms with van der Waals surface area (Å²) in [5, 5.41) is 13.5. The Kier molecular flexibility index (Phi) is 5.94. The van der Waals surface area contributed by atoms with Crippen molar-refractivity contribution in [2.75, 3.05) is 12.4 Å². The molecular formula is C18H20N2O5. The highest BCUT2D eigenvalue weighted by Crippen LogP contribution is 2.29. The van der Waals surface area contributed by atoms with Crippen LogP contribution >= 0.6 is 0 Å². The molecule has 1 unspecified atom stereocenters. The minimum absolute atomic E-state index is 0.113. The molecule has 1 amide bonds. The van der Waals surface area contributed by atoms with Crippen LogP contribution < -0.4 is 14.8 Å². The zero-order valence-corrected chi connectivity index (χ0v) is 14.3. The van der Waals surface area contributed by atoms with Gasteiger partial charge in [-0.05, 0) is 31.5 Å². The molecule has 2 aromatic rings. The number of non-ortho nitro benzene ring substituents is 1. The van der Waals surface area contributed by atoms with Gasteiger partial charge in [0.05, 0.1) is 23.8 Å². The minimum atomic E-state index is -0.692. The van der Waals surface area contributed by atoms with E-state index in [0.29, 0.717) is 17.9 Å². The number of carbonyl (C=O) groups is 1. The Morgan fingerprint density at radius 3 is 2.48 bits per heavy atom. The topological polar surface area (TPSA) is 90.7 Å². The first kappa shape index (κ1) is 18.3. The van der Waals surface area contributed by atoms with Crippen LogP contribution in [0, 0.1) is 17.0 Å². The van der Waals surface area contributed by atoms with Crippen LogP contribution in [0.5, 0.6) is 11.5 Å². The molecule has 0 spiro atoms. The highest BCUT2D eigenvalue weighted by Gasteiger charge is 2.21. The number of hydrogen-bond acceptors (Lipinski definition) is 5. The van der Waals surface area contributed by atoms with E-state index in [1.807, 2.05) is 26.0 Å². The van der Waals surface area contributed by atoms with Gasteiger partial charge < -0.3 is 14.8 Å². The molecular weight excluding hydrogens is 324 g/mol. The molecule has 0 saturated heterocycles. The van der Waals surface area contributed by atoms with Crippen LogP contribution in [-0.2, 0) is 4.79 Å². The van der Waals surface area contributed by atoms with E-state index in [1.54, 1.807) is 12.1 Å². The second-order valence-corrected chi connectivity index (χ2v) is 5.46. The molecule has 0 aliphatic heterocycles. The van der Waals surface area contributed by atoms with Crippen LogP contribution in [-0.4, -0.2) is 24.0 Å². The maximum atomic E-state index is 12.5. The van der Waals surface area contributed by atoms with E-state index in [-0.39, 0.29) is 17.3 Å². The maximum Gasteiger partial charge on any atom is 0.273 e. The van der Waals surface area contributed by atoms with Crippen LogP contribution in [0.25, 0.3) is 0 Å². The average molecular weight is 344 g/mol. The average Bonchev–Trinajstić information content (AvgIpc) is 2.61. The molecule has 0 aromatic heterocycles. The van der Waals surface area contributed by atoms with Crippen molar-refractivity contribution in [1.29, 1.82) is 0 Å². The van der Waals surface area contributed by atoms with Gasteiger partial charge in [-0.2, -0.15) is 0 Å². The molecule has 132 valence electrons. The Balaban J connectivity index is 2.13. The van der Waals surface area contributed by atoms with Gasteiger partial charge in [-0.15, -0.1) is 0 Å². The quantitative estimate of drug-likeness (QED) is 0.611. The number of ether oxygens (including phenoxy) is 2. The number of benzene rings is 2.